The molecule has 1 amide bonds. The molecule has 0 aliphatic carbocycles. The lowest BCUT2D eigenvalue weighted by molar-refractivity contribution is -0.128. The zero-order valence-corrected chi connectivity index (χ0v) is 15.1. The number of anilines is 1. The topological polar surface area (TPSA) is 75.9 Å². The molecule has 134 valence electrons. The van der Waals surface area contributed by atoms with Gasteiger partial charge in [-0.05, 0) is 41.3 Å². The molecule has 1 unspecified atom stereocenters. The first-order valence-electron chi connectivity index (χ1n) is 8.82. The van der Waals surface area contributed by atoms with Gasteiger partial charge in [0.2, 0.25) is 11.9 Å². The van der Waals surface area contributed by atoms with Crippen LogP contribution < -0.4 is 10.2 Å². The van der Waals surface area contributed by atoms with Crippen LogP contribution in [-0.4, -0.2) is 45.7 Å². The molecule has 2 aromatic rings. The van der Waals surface area contributed by atoms with Gasteiger partial charge in [0.05, 0.1) is 5.69 Å². The van der Waals surface area contributed by atoms with Crippen molar-refractivity contribution < 1.29 is 4.79 Å². The number of carbonyl (C=O) groups excluding carboxylic acids is 1. The van der Waals surface area contributed by atoms with Crippen molar-refractivity contribution >= 4 is 11.9 Å². The number of benzene rings is 1. The third-order valence-electron chi connectivity index (χ3n) is 4.49. The molecule has 3 rings (SSSR count). The third-order valence-corrected chi connectivity index (χ3v) is 4.49. The van der Waals surface area contributed by atoms with Crippen molar-refractivity contribution in [3.05, 3.63) is 30.3 Å². The molecule has 1 atom stereocenters. The van der Waals surface area contributed by atoms with E-state index in [-0.39, 0.29) is 11.3 Å². The summed E-state index contributed by atoms with van der Waals surface area (Å²) >= 11 is 0. The van der Waals surface area contributed by atoms with Crippen molar-refractivity contribution in [2.45, 2.75) is 33.6 Å². The predicted octanol–water partition coefficient (Wildman–Crippen LogP) is 2.04. The Balaban J connectivity index is 1.67. The van der Waals surface area contributed by atoms with Gasteiger partial charge in [-0.1, -0.05) is 44.1 Å². The SMILES string of the molecule is CC(C)(C)C(=O)NCC1CCCN(c2nnnn2-c2ccccc2)C1. The number of amides is 1. The fraction of sp³-hybridized carbons (Fsp3) is 0.556. The number of nitrogens with one attached hydrogen (secondary N) is 1. The highest BCUT2D eigenvalue weighted by molar-refractivity contribution is 5.81. The maximum atomic E-state index is 12.1. The Bertz CT molecular complexity index is 706. The summed E-state index contributed by atoms with van der Waals surface area (Å²) in [5.41, 5.74) is 0.594. The number of aromatic nitrogens is 4. The lowest BCUT2D eigenvalue weighted by atomic mass is 9.94. The number of hydrogen-bond donors (Lipinski definition) is 1. The summed E-state index contributed by atoms with van der Waals surface area (Å²) in [6.45, 7) is 8.27. The van der Waals surface area contributed by atoms with E-state index in [4.69, 9.17) is 0 Å². The normalized spacial score (nSPS) is 18.2. The molecular weight excluding hydrogens is 316 g/mol. The van der Waals surface area contributed by atoms with Crippen molar-refractivity contribution in [1.82, 2.24) is 25.5 Å². The second-order valence-electron chi connectivity index (χ2n) is 7.64. The maximum Gasteiger partial charge on any atom is 0.250 e. The highest BCUT2D eigenvalue weighted by Crippen LogP contribution is 2.23. The van der Waals surface area contributed by atoms with Crippen LogP contribution in [0.4, 0.5) is 5.95 Å². The average molecular weight is 342 g/mol. The quantitative estimate of drug-likeness (QED) is 0.920. The number of hydrogen-bond acceptors (Lipinski definition) is 5. The molecule has 1 fully saturated rings. The van der Waals surface area contributed by atoms with E-state index in [1.165, 1.54) is 0 Å². The monoisotopic (exact) mass is 342 g/mol. The Hall–Kier alpha value is -2.44. The second kappa shape index (κ2) is 7.21. The Morgan fingerprint density at radius 3 is 2.76 bits per heavy atom. The molecule has 1 aromatic carbocycles. The van der Waals surface area contributed by atoms with Crippen LogP contribution in [0.25, 0.3) is 5.69 Å². The largest absolute Gasteiger partial charge is 0.355 e. The lowest BCUT2D eigenvalue weighted by Gasteiger charge is -2.33. The van der Waals surface area contributed by atoms with Crippen molar-refractivity contribution in [2.75, 3.05) is 24.5 Å². The molecule has 25 heavy (non-hydrogen) atoms. The minimum atomic E-state index is -0.355. The smallest absolute Gasteiger partial charge is 0.250 e. The van der Waals surface area contributed by atoms with Gasteiger partial charge < -0.3 is 10.2 Å². The van der Waals surface area contributed by atoms with Gasteiger partial charge in [-0.2, -0.15) is 4.68 Å². The van der Waals surface area contributed by atoms with E-state index < -0.39 is 0 Å². The van der Waals surface area contributed by atoms with Crippen molar-refractivity contribution in [1.29, 1.82) is 0 Å². The van der Waals surface area contributed by atoms with Gasteiger partial charge in [0.1, 0.15) is 0 Å². The van der Waals surface area contributed by atoms with Crippen LogP contribution in [0.15, 0.2) is 30.3 Å². The van der Waals surface area contributed by atoms with Crippen molar-refractivity contribution in [3.63, 3.8) is 0 Å². The number of para-hydroxylation sites is 1. The molecule has 0 radical (unpaired) electrons. The maximum absolute atomic E-state index is 12.1. The van der Waals surface area contributed by atoms with Gasteiger partial charge >= 0.3 is 0 Å². The molecule has 7 heteroatoms. The fourth-order valence-electron chi connectivity index (χ4n) is 3.03. The van der Waals surface area contributed by atoms with Crippen LogP contribution in [0.1, 0.15) is 33.6 Å². The van der Waals surface area contributed by atoms with Crippen molar-refractivity contribution in [3.8, 4) is 5.69 Å². The van der Waals surface area contributed by atoms with Crippen LogP contribution in [0.2, 0.25) is 0 Å². The number of tetrazole rings is 1. The summed E-state index contributed by atoms with van der Waals surface area (Å²) in [7, 11) is 0. The molecule has 0 saturated carbocycles. The van der Waals surface area contributed by atoms with Crippen molar-refractivity contribution in [2.24, 2.45) is 11.3 Å². The average Bonchev–Trinajstić information content (AvgIpc) is 3.09. The highest BCUT2D eigenvalue weighted by Gasteiger charge is 2.26. The summed E-state index contributed by atoms with van der Waals surface area (Å²) in [6.07, 6.45) is 2.17. The number of carbonyl (C=O) groups is 1. The van der Waals surface area contributed by atoms with Gasteiger partial charge in [0, 0.05) is 25.0 Å². The number of rotatable bonds is 4. The van der Waals surface area contributed by atoms with Crippen LogP contribution in [-0.2, 0) is 4.79 Å². The summed E-state index contributed by atoms with van der Waals surface area (Å²) < 4.78 is 1.77. The van der Waals surface area contributed by atoms with Gasteiger partial charge in [-0.25, -0.2) is 0 Å². The Labute approximate surface area is 148 Å². The summed E-state index contributed by atoms with van der Waals surface area (Å²) in [5, 5.41) is 15.3. The fourth-order valence-corrected chi connectivity index (χ4v) is 3.03. The van der Waals surface area contributed by atoms with Gasteiger partial charge in [0.15, 0.2) is 0 Å². The van der Waals surface area contributed by atoms with E-state index in [9.17, 15) is 4.79 Å². The van der Waals surface area contributed by atoms with Gasteiger partial charge in [-0.3, -0.25) is 4.79 Å². The molecule has 1 aliphatic heterocycles. The molecule has 2 heterocycles. The molecule has 0 spiro atoms. The molecule has 1 saturated heterocycles. The van der Waals surface area contributed by atoms with Crippen LogP contribution in [0, 0.1) is 11.3 Å². The Kier molecular flexibility index (Phi) is 5.01. The zero-order valence-electron chi connectivity index (χ0n) is 15.1. The van der Waals surface area contributed by atoms with E-state index in [1.807, 2.05) is 51.1 Å². The van der Waals surface area contributed by atoms with Crippen LogP contribution in [0.5, 0.6) is 0 Å². The van der Waals surface area contributed by atoms with E-state index in [1.54, 1.807) is 4.68 Å². The Morgan fingerprint density at radius 2 is 2.04 bits per heavy atom. The first kappa shape index (κ1) is 17.4. The summed E-state index contributed by atoms with van der Waals surface area (Å²) in [4.78, 5) is 14.3. The Morgan fingerprint density at radius 1 is 1.28 bits per heavy atom. The third kappa shape index (κ3) is 4.15. The minimum absolute atomic E-state index is 0.0961. The molecule has 1 aliphatic rings. The van der Waals surface area contributed by atoms with Gasteiger partial charge in [0.25, 0.3) is 0 Å². The minimum Gasteiger partial charge on any atom is -0.355 e. The van der Waals surface area contributed by atoms with E-state index in [2.05, 4.69) is 25.7 Å². The highest BCUT2D eigenvalue weighted by atomic mass is 16.2. The molecular formula is C18H26N6O. The van der Waals surface area contributed by atoms with E-state index >= 15 is 0 Å². The van der Waals surface area contributed by atoms with E-state index in [0.717, 1.165) is 37.6 Å². The molecule has 1 N–H and O–H groups in total. The summed E-state index contributed by atoms with van der Waals surface area (Å²) in [6, 6.07) is 9.90. The van der Waals surface area contributed by atoms with E-state index in [0.29, 0.717) is 12.5 Å². The van der Waals surface area contributed by atoms with Crippen LogP contribution in [0.3, 0.4) is 0 Å². The second-order valence-corrected chi connectivity index (χ2v) is 7.64. The number of nitrogens with zero attached hydrogens (tertiary/aromatic N) is 5. The molecule has 0 bridgehead atoms. The lowest BCUT2D eigenvalue weighted by Crippen LogP contribution is -2.44. The molecule has 1 aromatic heterocycles. The molecule has 7 nitrogen and oxygen atoms in total. The first-order valence-corrected chi connectivity index (χ1v) is 8.82. The van der Waals surface area contributed by atoms with Gasteiger partial charge in [-0.15, -0.1) is 0 Å². The summed E-state index contributed by atoms with van der Waals surface area (Å²) in [5.74, 6) is 1.26. The predicted molar refractivity (Wildman–Crippen MR) is 96.6 cm³/mol. The number of piperidine rings is 1. The standard InChI is InChI=1S/C18H26N6O/c1-18(2,3)16(25)19-12-14-8-7-11-23(13-14)17-20-21-22-24(17)15-9-5-4-6-10-15/h4-6,9-10,14H,7-8,11-13H2,1-3H3,(H,19,25). The first-order chi connectivity index (χ1) is 11.9. The zero-order chi connectivity index (χ0) is 17.9. The van der Waals surface area contributed by atoms with Crippen LogP contribution >= 0.6 is 0 Å².